The second-order valence-electron chi connectivity index (χ2n) is 5.48. The van der Waals surface area contributed by atoms with Crippen molar-refractivity contribution < 1.29 is 13.9 Å². The van der Waals surface area contributed by atoms with E-state index in [1.165, 1.54) is 22.9 Å². The summed E-state index contributed by atoms with van der Waals surface area (Å²) in [6.45, 7) is 3.20. The molecule has 7 nitrogen and oxygen atoms in total. The fraction of sp³-hybridized carbons (Fsp3) is 0.235. The molecule has 9 heteroatoms. The van der Waals surface area contributed by atoms with E-state index in [1.54, 1.807) is 23.1 Å². The van der Waals surface area contributed by atoms with Crippen molar-refractivity contribution in [2.75, 3.05) is 0 Å². The molecule has 0 spiro atoms. The van der Waals surface area contributed by atoms with Crippen LogP contribution in [-0.4, -0.2) is 25.5 Å². The topological polar surface area (TPSA) is 74.0 Å². The minimum absolute atomic E-state index is 0.0190. The van der Waals surface area contributed by atoms with Gasteiger partial charge in [0.2, 0.25) is 0 Å². The molecule has 3 aromatic rings. The molecule has 1 aromatic carbocycles. The molecule has 0 bridgehead atoms. The maximum atomic E-state index is 13.1. The molecule has 1 N–H and O–H groups in total. The summed E-state index contributed by atoms with van der Waals surface area (Å²) in [4.78, 5) is 12.1. The summed E-state index contributed by atoms with van der Waals surface area (Å²) in [5.74, 6) is -0.398. The summed E-state index contributed by atoms with van der Waals surface area (Å²) in [5, 5.41) is 11.1. The van der Waals surface area contributed by atoms with E-state index in [2.05, 4.69) is 15.5 Å². The Labute approximate surface area is 154 Å². The molecule has 0 fully saturated rings. The van der Waals surface area contributed by atoms with Gasteiger partial charge in [0, 0.05) is 37.1 Å². The van der Waals surface area contributed by atoms with E-state index in [4.69, 9.17) is 16.3 Å². The largest absolute Gasteiger partial charge is 0.471 e. The Kier molecular flexibility index (Phi) is 5.52. The third-order valence-corrected chi connectivity index (χ3v) is 3.88. The third kappa shape index (κ3) is 4.40. The van der Waals surface area contributed by atoms with Gasteiger partial charge in [-0.1, -0.05) is 11.6 Å². The number of aromatic nitrogens is 4. The number of hydrogen-bond donors (Lipinski definition) is 1. The van der Waals surface area contributed by atoms with Crippen LogP contribution < -0.4 is 10.1 Å². The van der Waals surface area contributed by atoms with Crippen LogP contribution in [0.2, 0.25) is 5.02 Å². The van der Waals surface area contributed by atoms with Crippen molar-refractivity contribution in [3.63, 3.8) is 0 Å². The van der Waals surface area contributed by atoms with Crippen LogP contribution in [0.25, 0.3) is 0 Å². The predicted octanol–water partition coefficient (Wildman–Crippen LogP) is 2.86. The lowest BCUT2D eigenvalue weighted by Crippen LogP contribution is -2.23. The lowest BCUT2D eigenvalue weighted by molar-refractivity contribution is 0.0944. The Hall–Kier alpha value is -2.87. The first-order valence-electron chi connectivity index (χ1n) is 7.96. The summed E-state index contributed by atoms with van der Waals surface area (Å²) in [5.41, 5.74) is 1.18. The number of nitrogens with zero attached hydrogens (tertiary/aromatic N) is 4. The standard InChI is InChI=1S/C17H17ClFN5O2/c1-2-23-10-12(9-21-23)8-20-17(25)16-5-6-24(22-16)11-26-13-3-4-15(19)14(18)7-13/h3-7,9-10H,2,8,11H2,1H3,(H,20,25). The van der Waals surface area contributed by atoms with Crippen molar-refractivity contribution in [2.45, 2.75) is 26.7 Å². The van der Waals surface area contributed by atoms with E-state index in [-0.39, 0.29) is 23.4 Å². The van der Waals surface area contributed by atoms with E-state index in [0.29, 0.717) is 12.3 Å². The van der Waals surface area contributed by atoms with Crippen LogP contribution in [0.1, 0.15) is 23.0 Å². The van der Waals surface area contributed by atoms with Gasteiger partial charge in [-0.05, 0) is 25.1 Å². The Balaban J connectivity index is 1.53. The summed E-state index contributed by atoms with van der Waals surface area (Å²) in [6.07, 6.45) is 5.21. The number of ether oxygens (including phenoxy) is 1. The molecule has 136 valence electrons. The first kappa shape index (κ1) is 17.9. The number of hydrogen-bond acceptors (Lipinski definition) is 4. The molecule has 2 aromatic heterocycles. The SMILES string of the molecule is CCn1cc(CNC(=O)c2ccn(COc3ccc(F)c(Cl)c3)n2)cn1. The Morgan fingerprint density at radius 1 is 1.35 bits per heavy atom. The third-order valence-electron chi connectivity index (χ3n) is 3.59. The van der Waals surface area contributed by atoms with E-state index < -0.39 is 5.82 Å². The lowest BCUT2D eigenvalue weighted by Gasteiger charge is -2.06. The highest BCUT2D eigenvalue weighted by Crippen LogP contribution is 2.21. The monoisotopic (exact) mass is 377 g/mol. The van der Waals surface area contributed by atoms with Gasteiger partial charge in [-0.15, -0.1) is 0 Å². The van der Waals surface area contributed by atoms with E-state index >= 15 is 0 Å². The number of benzene rings is 1. The predicted molar refractivity (Wildman–Crippen MR) is 93.3 cm³/mol. The van der Waals surface area contributed by atoms with Gasteiger partial charge in [0.25, 0.3) is 5.91 Å². The molecule has 2 heterocycles. The molecule has 0 aliphatic rings. The lowest BCUT2D eigenvalue weighted by atomic mass is 10.3. The first-order valence-corrected chi connectivity index (χ1v) is 8.34. The molecule has 0 saturated carbocycles. The zero-order chi connectivity index (χ0) is 18.5. The van der Waals surface area contributed by atoms with Gasteiger partial charge in [0.05, 0.1) is 11.2 Å². The fourth-order valence-corrected chi connectivity index (χ4v) is 2.38. The van der Waals surface area contributed by atoms with Gasteiger partial charge in [-0.3, -0.25) is 9.48 Å². The van der Waals surface area contributed by atoms with Crippen LogP contribution in [-0.2, 0) is 19.8 Å². The number of halogens is 2. The van der Waals surface area contributed by atoms with Gasteiger partial charge in [0.15, 0.2) is 6.73 Å². The summed E-state index contributed by atoms with van der Waals surface area (Å²) in [6, 6.07) is 5.66. The highest BCUT2D eigenvalue weighted by molar-refractivity contribution is 6.30. The number of amides is 1. The molecule has 0 unspecified atom stereocenters. The summed E-state index contributed by atoms with van der Waals surface area (Å²) >= 11 is 5.70. The second-order valence-corrected chi connectivity index (χ2v) is 5.88. The van der Waals surface area contributed by atoms with Crippen molar-refractivity contribution >= 4 is 17.5 Å². The molecule has 26 heavy (non-hydrogen) atoms. The smallest absolute Gasteiger partial charge is 0.272 e. The molecular weight excluding hydrogens is 361 g/mol. The van der Waals surface area contributed by atoms with Gasteiger partial charge in [0.1, 0.15) is 17.3 Å². The Morgan fingerprint density at radius 2 is 2.19 bits per heavy atom. The van der Waals surface area contributed by atoms with Crippen LogP contribution in [0.4, 0.5) is 4.39 Å². The van der Waals surface area contributed by atoms with Gasteiger partial charge in [-0.25, -0.2) is 9.07 Å². The zero-order valence-corrected chi connectivity index (χ0v) is 14.8. The molecule has 0 atom stereocenters. The minimum atomic E-state index is -0.512. The number of rotatable bonds is 7. The highest BCUT2D eigenvalue weighted by atomic mass is 35.5. The average Bonchev–Trinajstić information content (AvgIpc) is 3.30. The van der Waals surface area contributed by atoms with Crippen LogP contribution in [0, 0.1) is 5.82 Å². The molecule has 0 radical (unpaired) electrons. The average molecular weight is 378 g/mol. The summed E-state index contributed by atoms with van der Waals surface area (Å²) in [7, 11) is 0. The van der Waals surface area contributed by atoms with E-state index in [9.17, 15) is 9.18 Å². The molecule has 3 rings (SSSR count). The minimum Gasteiger partial charge on any atom is -0.471 e. The quantitative estimate of drug-likeness (QED) is 0.687. The van der Waals surface area contributed by atoms with Crippen LogP contribution in [0.15, 0.2) is 42.9 Å². The molecule has 0 saturated heterocycles. The van der Waals surface area contributed by atoms with Crippen LogP contribution in [0.5, 0.6) is 5.75 Å². The summed E-state index contributed by atoms with van der Waals surface area (Å²) < 4.78 is 21.8. The van der Waals surface area contributed by atoms with E-state index in [1.807, 2.05) is 13.1 Å². The van der Waals surface area contributed by atoms with E-state index in [0.717, 1.165) is 12.1 Å². The van der Waals surface area contributed by atoms with Crippen molar-refractivity contribution in [2.24, 2.45) is 0 Å². The fourth-order valence-electron chi connectivity index (χ4n) is 2.21. The maximum Gasteiger partial charge on any atom is 0.272 e. The number of carbonyl (C=O) groups is 1. The Bertz CT molecular complexity index is 908. The normalized spacial score (nSPS) is 10.7. The highest BCUT2D eigenvalue weighted by Gasteiger charge is 2.10. The molecule has 0 aliphatic heterocycles. The van der Waals surface area contributed by atoms with Crippen molar-refractivity contribution in [1.82, 2.24) is 24.9 Å². The van der Waals surface area contributed by atoms with Crippen LogP contribution >= 0.6 is 11.6 Å². The molecule has 1 amide bonds. The van der Waals surface area contributed by atoms with Crippen molar-refractivity contribution in [3.05, 3.63) is 65.0 Å². The van der Waals surface area contributed by atoms with Gasteiger partial charge < -0.3 is 10.1 Å². The van der Waals surface area contributed by atoms with Gasteiger partial charge >= 0.3 is 0 Å². The molecule has 0 aliphatic carbocycles. The zero-order valence-electron chi connectivity index (χ0n) is 14.0. The number of nitrogens with one attached hydrogen (secondary N) is 1. The Morgan fingerprint density at radius 3 is 2.92 bits per heavy atom. The van der Waals surface area contributed by atoms with Crippen molar-refractivity contribution in [1.29, 1.82) is 0 Å². The number of carbonyl (C=O) groups excluding carboxylic acids is 1. The second kappa shape index (κ2) is 8.01. The maximum absolute atomic E-state index is 13.1. The molecular formula is C17H17ClFN5O2. The van der Waals surface area contributed by atoms with Gasteiger partial charge in [-0.2, -0.15) is 10.2 Å². The van der Waals surface area contributed by atoms with Crippen LogP contribution in [0.3, 0.4) is 0 Å². The van der Waals surface area contributed by atoms with Crippen molar-refractivity contribution in [3.8, 4) is 5.75 Å². The first-order chi connectivity index (χ1) is 12.5. The number of aryl methyl sites for hydroxylation is 1.